The van der Waals surface area contributed by atoms with E-state index in [2.05, 4.69) is 15.9 Å². The van der Waals surface area contributed by atoms with Crippen LogP contribution in [0.2, 0.25) is 0 Å². The predicted octanol–water partition coefficient (Wildman–Crippen LogP) is 4.67. The molecule has 1 aromatic rings. The molecule has 0 aliphatic heterocycles. The zero-order valence-electron chi connectivity index (χ0n) is 8.12. The Hall–Kier alpha value is -0.580. The molecule has 0 saturated carbocycles. The van der Waals surface area contributed by atoms with Crippen molar-refractivity contribution in [1.82, 2.24) is 0 Å². The van der Waals surface area contributed by atoms with Crippen molar-refractivity contribution < 1.29 is 17.6 Å². The summed E-state index contributed by atoms with van der Waals surface area (Å²) in [6.07, 6.45) is -4.47. The molecule has 0 nitrogen and oxygen atoms in total. The Kier molecular flexibility index (Phi) is 3.14. The first-order chi connectivity index (χ1) is 6.62. The van der Waals surface area contributed by atoms with Crippen molar-refractivity contribution in [2.45, 2.75) is 25.7 Å². The summed E-state index contributed by atoms with van der Waals surface area (Å²) >= 11 is 2.79. The van der Waals surface area contributed by atoms with Crippen LogP contribution in [0.1, 0.15) is 25.0 Å². The molecule has 0 atom stereocenters. The van der Waals surface area contributed by atoms with Crippen LogP contribution < -0.4 is 0 Å². The Balaban J connectivity index is 3.30. The molecule has 1 aromatic carbocycles. The second-order valence-corrected chi connectivity index (χ2v) is 4.52. The van der Waals surface area contributed by atoms with Gasteiger partial charge in [0.2, 0.25) is 0 Å². The van der Waals surface area contributed by atoms with Crippen LogP contribution in [0.4, 0.5) is 17.6 Å². The number of hydrogen-bond donors (Lipinski definition) is 0. The molecular formula is C10H9BrF4. The molecule has 0 fully saturated rings. The van der Waals surface area contributed by atoms with Gasteiger partial charge < -0.3 is 0 Å². The lowest BCUT2D eigenvalue weighted by Gasteiger charge is -2.17. The standard InChI is InChI=1S/C10H9BrF4/c1-9(2,12)6-3-4-8(11)7(5-6)10(13,14)15/h3-5H,1-2H3. The van der Waals surface area contributed by atoms with Gasteiger partial charge in [-0.25, -0.2) is 4.39 Å². The van der Waals surface area contributed by atoms with Gasteiger partial charge in [0.05, 0.1) is 5.56 Å². The molecule has 5 heteroatoms. The zero-order chi connectivity index (χ0) is 11.9. The van der Waals surface area contributed by atoms with Crippen LogP contribution in [0.3, 0.4) is 0 Å². The van der Waals surface area contributed by atoms with Gasteiger partial charge in [0, 0.05) is 4.47 Å². The molecule has 0 radical (unpaired) electrons. The third kappa shape index (κ3) is 2.93. The van der Waals surface area contributed by atoms with E-state index in [0.717, 1.165) is 6.07 Å². The van der Waals surface area contributed by atoms with Crippen molar-refractivity contribution in [1.29, 1.82) is 0 Å². The Morgan fingerprint density at radius 3 is 2.00 bits per heavy atom. The second kappa shape index (κ2) is 3.77. The summed E-state index contributed by atoms with van der Waals surface area (Å²) in [5.74, 6) is 0. The van der Waals surface area contributed by atoms with Gasteiger partial charge in [-0.15, -0.1) is 0 Å². The highest BCUT2D eigenvalue weighted by Crippen LogP contribution is 2.37. The highest BCUT2D eigenvalue weighted by atomic mass is 79.9. The molecule has 0 amide bonds. The maximum atomic E-state index is 13.4. The molecule has 0 aliphatic rings. The Morgan fingerprint density at radius 2 is 1.60 bits per heavy atom. The SMILES string of the molecule is CC(C)(F)c1ccc(Br)c(C(F)(F)F)c1. The van der Waals surface area contributed by atoms with Crippen LogP contribution in [0.15, 0.2) is 22.7 Å². The highest BCUT2D eigenvalue weighted by molar-refractivity contribution is 9.10. The van der Waals surface area contributed by atoms with E-state index in [9.17, 15) is 17.6 Å². The molecule has 0 heterocycles. The summed E-state index contributed by atoms with van der Waals surface area (Å²) in [7, 11) is 0. The first-order valence-electron chi connectivity index (χ1n) is 4.18. The van der Waals surface area contributed by atoms with Gasteiger partial charge in [-0.05, 0) is 31.5 Å². The highest BCUT2D eigenvalue weighted by Gasteiger charge is 2.34. The monoisotopic (exact) mass is 284 g/mol. The largest absolute Gasteiger partial charge is 0.417 e. The van der Waals surface area contributed by atoms with Crippen LogP contribution in [-0.2, 0) is 11.8 Å². The molecular weight excluding hydrogens is 276 g/mol. The predicted molar refractivity (Wildman–Crippen MR) is 53.3 cm³/mol. The minimum atomic E-state index is -4.47. The van der Waals surface area contributed by atoms with Crippen LogP contribution in [-0.4, -0.2) is 0 Å². The molecule has 0 unspecified atom stereocenters. The van der Waals surface area contributed by atoms with Crippen LogP contribution >= 0.6 is 15.9 Å². The lowest BCUT2D eigenvalue weighted by Crippen LogP contribution is -2.13. The molecule has 0 aromatic heterocycles. The van der Waals surface area contributed by atoms with Gasteiger partial charge >= 0.3 is 6.18 Å². The molecule has 15 heavy (non-hydrogen) atoms. The van der Waals surface area contributed by atoms with Gasteiger partial charge in [-0.2, -0.15) is 13.2 Å². The maximum absolute atomic E-state index is 13.4. The van der Waals surface area contributed by atoms with E-state index < -0.39 is 17.4 Å². The van der Waals surface area contributed by atoms with Gasteiger partial charge in [0.15, 0.2) is 0 Å². The topological polar surface area (TPSA) is 0 Å². The second-order valence-electron chi connectivity index (χ2n) is 3.66. The quantitative estimate of drug-likeness (QED) is 0.658. The first-order valence-corrected chi connectivity index (χ1v) is 4.98. The van der Waals surface area contributed by atoms with E-state index in [0.29, 0.717) is 0 Å². The van der Waals surface area contributed by atoms with Crippen molar-refractivity contribution in [3.05, 3.63) is 33.8 Å². The summed E-state index contributed by atoms with van der Waals surface area (Å²) < 4.78 is 50.8. The Bertz CT molecular complexity index is 363. The number of benzene rings is 1. The summed E-state index contributed by atoms with van der Waals surface area (Å²) in [5, 5.41) is 0. The number of alkyl halides is 4. The molecule has 0 bridgehead atoms. The zero-order valence-corrected chi connectivity index (χ0v) is 9.71. The average Bonchev–Trinajstić information content (AvgIpc) is 2.00. The van der Waals surface area contributed by atoms with Gasteiger partial charge in [0.1, 0.15) is 5.67 Å². The third-order valence-electron chi connectivity index (χ3n) is 1.96. The van der Waals surface area contributed by atoms with E-state index in [-0.39, 0.29) is 10.0 Å². The lowest BCUT2D eigenvalue weighted by molar-refractivity contribution is -0.138. The molecule has 0 aliphatic carbocycles. The third-order valence-corrected chi connectivity index (χ3v) is 2.65. The Morgan fingerprint density at radius 1 is 1.07 bits per heavy atom. The molecule has 1 rings (SSSR count). The number of halogens is 5. The van der Waals surface area contributed by atoms with Gasteiger partial charge in [0.25, 0.3) is 0 Å². The van der Waals surface area contributed by atoms with Crippen molar-refractivity contribution in [3.8, 4) is 0 Å². The van der Waals surface area contributed by atoms with Crippen molar-refractivity contribution in [2.24, 2.45) is 0 Å². The minimum Gasteiger partial charge on any atom is -0.239 e. The van der Waals surface area contributed by atoms with Gasteiger partial charge in [-0.3, -0.25) is 0 Å². The summed E-state index contributed by atoms with van der Waals surface area (Å²) in [6.45, 7) is 2.44. The maximum Gasteiger partial charge on any atom is 0.417 e. The summed E-state index contributed by atoms with van der Waals surface area (Å²) in [5.41, 5.74) is -2.62. The van der Waals surface area contributed by atoms with Crippen LogP contribution in [0.5, 0.6) is 0 Å². The van der Waals surface area contributed by atoms with Crippen molar-refractivity contribution in [3.63, 3.8) is 0 Å². The fourth-order valence-corrected chi connectivity index (χ4v) is 1.58. The van der Waals surface area contributed by atoms with E-state index in [1.54, 1.807) is 0 Å². The molecule has 0 spiro atoms. The van der Waals surface area contributed by atoms with E-state index in [4.69, 9.17) is 0 Å². The molecule has 0 N–H and O–H groups in total. The molecule has 84 valence electrons. The smallest absolute Gasteiger partial charge is 0.239 e. The number of rotatable bonds is 1. The fraction of sp³-hybridized carbons (Fsp3) is 0.400. The van der Waals surface area contributed by atoms with E-state index in [1.165, 1.54) is 26.0 Å². The normalized spacial score (nSPS) is 13.0. The van der Waals surface area contributed by atoms with E-state index >= 15 is 0 Å². The minimum absolute atomic E-state index is 0.0121. The summed E-state index contributed by atoms with van der Waals surface area (Å²) in [6, 6.07) is 3.36. The van der Waals surface area contributed by atoms with Crippen LogP contribution in [0, 0.1) is 0 Å². The fourth-order valence-electron chi connectivity index (χ4n) is 1.11. The van der Waals surface area contributed by atoms with Crippen molar-refractivity contribution in [2.75, 3.05) is 0 Å². The number of hydrogen-bond acceptors (Lipinski definition) is 0. The van der Waals surface area contributed by atoms with E-state index in [1.807, 2.05) is 0 Å². The molecule has 0 saturated heterocycles. The van der Waals surface area contributed by atoms with Crippen LogP contribution in [0.25, 0.3) is 0 Å². The van der Waals surface area contributed by atoms with Gasteiger partial charge in [-0.1, -0.05) is 22.0 Å². The lowest BCUT2D eigenvalue weighted by atomic mass is 9.98. The van der Waals surface area contributed by atoms with Crippen molar-refractivity contribution >= 4 is 15.9 Å². The first kappa shape index (κ1) is 12.5. The summed E-state index contributed by atoms with van der Waals surface area (Å²) in [4.78, 5) is 0. The average molecular weight is 285 g/mol. The Labute approximate surface area is 93.4 Å².